The summed E-state index contributed by atoms with van der Waals surface area (Å²) in [4.78, 5) is 0. The molecule has 1 aromatic carbocycles. The van der Waals surface area contributed by atoms with E-state index in [1.54, 1.807) is 0 Å². The Bertz CT molecular complexity index is 352. The summed E-state index contributed by atoms with van der Waals surface area (Å²) in [5, 5.41) is 0. The van der Waals surface area contributed by atoms with E-state index < -0.39 is 0 Å². The van der Waals surface area contributed by atoms with Gasteiger partial charge in [-0.25, -0.2) is 0 Å². The van der Waals surface area contributed by atoms with E-state index in [0.717, 1.165) is 6.42 Å². The Hall–Kier alpha value is -0.820. The number of aryl methyl sites for hydroxylation is 1. The van der Waals surface area contributed by atoms with Crippen molar-refractivity contribution in [2.45, 2.75) is 52.6 Å². The molecule has 2 rings (SSSR count). The van der Waals surface area contributed by atoms with Crippen LogP contribution in [0.25, 0.3) is 0 Å². The quantitative estimate of drug-likeness (QED) is 0.698. The third-order valence-electron chi connectivity index (χ3n) is 3.45. The standard InChI is InChI=1S/C13H18O.C2H6/c1-9-5-6-10-8-12(14-4)13(2,3)11(10)7-9;1-2/h5-7,12H,8H2,1-4H3;1-2H3. The molecule has 1 nitrogen and oxygen atoms in total. The Kier molecular flexibility index (Phi) is 4.15. The summed E-state index contributed by atoms with van der Waals surface area (Å²) in [5.74, 6) is 0. The first-order valence-corrected chi connectivity index (χ1v) is 6.18. The van der Waals surface area contributed by atoms with Crippen molar-refractivity contribution in [2.75, 3.05) is 7.11 Å². The van der Waals surface area contributed by atoms with Crippen LogP contribution in [-0.4, -0.2) is 13.2 Å². The van der Waals surface area contributed by atoms with E-state index in [2.05, 4.69) is 39.0 Å². The molecule has 0 heterocycles. The van der Waals surface area contributed by atoms with Gasteiger partial charge < -0.3 is 4.74 Å². The fourth-order valence-electron chi connectivity index (χ4n) is 2.47. The first kappa shape index (κ1) is 13.2. The number of benzene rings is 1. The maximum Gasteiger partial charge on any atom is 0.0702 e. The lowest BCUT2D eigenvalue weighted by Gasteiger charge is -2.27. The van der Waals surface area contributed by atoms with Crippen LogP contribution in [0, 0.1) is 6.92 Å². The monoisotopic (exact) mass is 220 g/mol. The van der Waals surface area contributed by atoms with Gasteiger partial charge in [-0.3, -0.25) is 0 Å². The molecular formula is C15H24O. The molecular weight excluding hydrogens is 196 g/mol. The Morgan fingerprint density at radius 1 is 1.25 bits per heavy atom. The fourth-order valence-corrected chi connectivity index (χ4v) is 2.47. The molecule has 0 spiro atoms. The number of hydrogen-bond acceptors (Lipinski definition) is 1. The summed E-state index contributed by atoms with van der Waals surface area (Å²) in [6.45, 7) is 10.7. The largest absolute Gasteiger partial charge is 0.380 e. The summed E-state index contributed by atoms with van der Waals surface area (Å²) in [6, 6.07) is 6.73. The third-order valence-corrected chi connectivity index (χ3v) is 3.45. The average molecular weight is 220 g/mol. The second-order valence-electron chi connectivity index (χ2n) is 4.81. The SMILES string of the molecule is CC.COC1Cc2ccc(C)cc2C1(C)C. The molecule has 1 aliphatic rings. The third kappa shape index (κ3) is 2.15. The lowest BCUT2D eigenvalue weighted by Crippen LogP contribution is -2.30. The van der Waals surface area contributed by atoms with E-state index in [4.69, 9.17) is 4.74 Å². The van der Waals surface area contributed by atoms with Crippen molar-refractivity contribution in [3.05, 3.63) is 34.9 Å². The van der Waals surface area contributed by atoms with Gasteiger partial charge in [0.1, 0.15) is 0 Å². The minimum absolute atomic E-state index is 0.163. The van der Waals surface area contributed by atoms with E-state index >= 15 is 0 Å². The zero-order valence-electron chi connectivity index (χ0n) is 11.4. The predicted octanol–water partition coefficient (Wildman–Crippen LogP) is 3.87. The molecule has 0 radical (unpaired) electrons. The topological polar surface area (TPSA) is 9.23 Å². The summed E-state index contributed by atoms with van der Waals surface area (Å²) in [5.41, 5.74) is 4.42. The maximum absolute atomic E-state index is 5.55. The van der Waals surface area contributed by atoms with Crippen LogP contribution in [0.4, 0.5) is 0 Å². The summed E-state index contributed by atoms with van der Waals surface area (Å²) in [6.07, 6.45) is 1.39. The van der Waals surface area contributed by atoms with Crippen LogP contribution in [-0.2, 0) is 16.6 Å². The summed E-state index contributed by atoms with van der Waals surface area (Å²) >= 11 is 0. The van der Waals surface area contributed by atoms with Gasteiger partial charge in [-0.2, -0.15) is 0 Å². The highest BCUT2D eigenvalue weighted by Gasteiger charge is 2.39. The van der Waals surface area contributed by atoms with Gasteiger partial charge in [-0.15, -0.1) is 0 Å². The minimum Gasteiger partial charge on any atom is -0.380 e. The molecule has 1 aliphatic carbocycles. The molecule has 16 heavy (non-hydrogen) atoms. The molecule has 1 aromatic rings. The maximum atomic E-state index is 5.55. The first-order valence-electron chi connectivity index (χ1n) is 6.18. The molecule has 0 saturated heterocycles. The van der Waals surface area contributed by atoms with E-state index in [1.807, 2.05) is 21.0 Å². The lowest BCUT2D eigenvalue weighted by atomic mass is 9.84. The molecule has 0 aliphatic heterocycles. The molecule has 0 fully saturated rings. The van der Waals surface area contributed by atoms with Crippen LogP contribution >= 0.6 is 0 Å². The van der Waals surface area contributed by atoms with Gasteiger partial charge in [0.25, 0.3) is 0 Å². The Morgan fingerprint density at radius 2 is 1.88 bits per heavy atom. The Labute approximate surface area is 99.8 Å². The number of methoxy groups -OCH3 is 1. The average Bonchev–Trinajstić information content (AvgIpc) is 2.53. The van der Waals surface area contributed by atoms with Gasteiger partial charge in [0.05, 0.1) is 6.10 Å². The highest BCUT2D eigenvalue weighted by atomic mass is 16.5. The highest BCUT2D eigenvalue weighted by Crippen LogP contribution is 2.40. The normalized spacial score (nSPS) is 21.0. The van der Waals surface area contributed by atoms with Crippen molar-refractivity contribution >= 4 is 0 Å². The van der Waals surface area contributed by atoms with Crippen LogP contribution in [0.3, 0.4) is 0 Å². The van der Waals surface area contributed by atoms with Gasteiger partial charge in [-0.05, 0) is 24.5 Å². The number of fused-ring (bicyclic) bond motifs is 1. The van der Waals surface area contributed by atoms with Crippen LogP contribution in [0.15, 0.2) is 18.2 Å². The van der Waals surface area contributed by atoms with E-state index in [1.165, 1.54) is 16.7 Å². The number of rotatable bonds is 1. The predicted molar refractivity (Wildman–Crippen MR) is 70.1 cm³/mol. The van der Waals surface area contributed by atoms with Gasteiger partial charge >= 0.3 is 0 Å². The molecule has 1 heteroatoms. The highest BCUT2D eigenvalue weighted by molar-refractivity contribution is 5.42. The number of hydrogen-bond donors (Lipinski definition) is 0. The van der Waals surface area contributed by atoms with Gasteiger partial charge in [0, 0.05) is 12.5 Å². The van der Waals surface area contributed by atoms with Gasteiger partial charge in [0.2, 0.25) is 0 Å². The van der Waals surface area contributed by atoms with Crippen molar-refractivity contribution in [1.29, 1.82) is 0 Å². The van der Waals surface area contributed by atoms with Gasteiger partial charge in [-0.1, -0.05) is 51.5 Å². The molecule has 90 valence electrons. The van der Waals surface area contributed by atoms with Crippen molar-refractivity contribution in [3.63, 3.8) is 0 Å². The Morgan fingerprint density at radius 3 is 2.44 bits per heavy atom. The molecule has 1 atom stereocenters. The lowest BCUT2D eigenvalue weighted by molar-refractivity contribution is 0.0583. The van der Waals surface area contributed by atoms with Crippen LogP contribution in [0.2, 0.25) is 0 Å². The van der Waals surface area contributed by atoms with Crippen LogP contribution in [0.5, 0.6) is 0 Å². The smallest absolute Gasteiger partial charge is 0.0702 e. The molecule has 0 aromatic heterocycles. The Balaban J connectivity index is 0.000000606. The minimum atomic E-state index is 0.163. The molecule has 0 amide bonds. The van der Waals surface area contributed by atoms with Gasteiger partial charge in [0.15, 0.2) is 0 Å². The summed E-state index contributed by atoms with van der Waals surface area (Å²) in [7, 11) is 1.81. The second-order valence-corrected chi connectivity index (χ2v) is 4.81. The van der Waals surface area contributed by atoms with Crippen molar-refractivity contribution in [1.82, 2.24) is 0 Å². The van der Waals surface area contributed by atoms with Crippen LogP contribution < -0.4 is 0 Å². The van der Waals surface area contributed by atoms with Crippen molar-refractivity contribution in [3.8, 4) is 0 Å². The molecule has 0 N–H and O–H groups in total. The van der Waals surface area contributed by atoms with E-state index in [9.17, 15) is 0 Å². The number of ether oxygens (including phenoxy) is 1. The van der Waals surface area contributed by atoms with E-state index in [0.29, 0.717) is 6.10 Å². The van der Waals surface area contributed by atoms with Crippen molar-refractivity contribution in [2.24, 2.45) is 0 Å². The fraction of sp³-hybridized carbons (Fsp3) is 0.600. The first-order chi connectivity index (χ1) is 7.55. The molecule has 1 unspecified atom stereocenters. The van der Waals surface area contributed by atoms with E-state index in [-0.39, 0.29) is 5.41 Å². The second kappa shape index (κ2) is 5.01. The zero-order valence-corrected chi connectivity index (χ0v) is 11.4. The zero-order chi connectivity index (χ0) is 12.3. The summed E-state index contributed by atoms with van der Waals surface area (Å²) < 4.78 is 5.55. The van der Waals surface area contributed by atoms with Crippen molar-refractivity contribution < 1.29 is 4.74 Å². The molecule has 0 bridgehead atoms. The molecule has 0 saturated carbocycles. The van der Waals surface area contributed by atoms with Crippen LogP contribution in [0.1, 0.15) is 44.4 Å².